The number of benzene rings is 1. The lowest BCUT2D eigenvalue weighted by Gasteiger charge is -2.07. The normalized spacial score (nSPS) is 11.0. The molecule has 0 radical (unpaired) electrons. The number of hydrazone groups is 1. The van der Waals surface area contributed by atoms with Gasteiger partial charge >= 0.3 is 0 Å². The van der Waals surface area contributed by atoms with Crippen molar-refractivity contribution in [2.24, 2.45) is 5.10 Å². The van der Waals surface area contributed by atoms with Gasteiger partial charge in [0.25, 0.3) is 5.69 Å². The molecule has 0 spiro atoms. The van der Waals surface area contributed by atoms with Crippen LogP contribution in [0.5, 0.6) is 5.75 Å². The topological polar surface area (TPSA) is 101 Å². The lowest BCUT2D eigenvalue weighted by atomic mass is 10.0. The van der Waals surface area contributed by atoms with Gasteiger partial charge in [-0.1, -0.05) is 0 Å². The number of hydrogen-bond donors (Lipinski definition) is 2. The number of nitrogens with one attached hydrogen (secondary N) is 1. The zero-order chi connectivity index (χ0) is 15.6. The SMILES string of the molecule is Cc1csc(NN=Cc2c(C)c([N+](=O)[O-])cc(C)c2O)n1. The number of aromatic nitrogens is 1. The van der Waals surface area contributed by atoms with E-state index in [-0.39, 0.29) is 11.4 Å². The number of phenolic OH excluding ortho intramolecular Hbond substituents is 1. The first-order valence-corrected chi connectivity index (χ1v) is 6.97. The first-order valence-electron chi connectivity index (χ1n) is 6.09. The molecule has 0 unspecified atom stereocenters. The van der Waals surface area contributed by atoms with Gasteiger partial charge in [0.15, 0.2) is 0 Å². The van der Waals surface area contributed by atoms with Crippen LogP contribution in [0, 0.1) is 30.9 Å². The number of hydrogen-bond acceptors (Lipinski definition) is 7. The van der Waals surface area contributed by atoms with E-state index in [4.69, 9.17) is 0 Å². The molecular weight excluding hydrogens is 292 g/mol. The summed E-state index contributed by atoms with van der Waals surface area (Å²) in [5, 5.41) is 27.5. The number of aromatic hydroxyl groups is 1. The van der Waals surface area contributed by atoms with Crippen molar-refractivity contribution in [2.45, 2.75) is 20.8 Å². The molecule has 2 rings (SSSR count). The summed E-state index contributed by atoms with van der Waals surface area (Å²) >= 11 is 1.40. The Hall–Kier alpha value is -2.48. The van der Waals surface area contributed by atoms with E-state index in [0.717, 1.165) is 5.69 Å². The molecule has 21 heavy (non-hydrogen) atoms. The smallest absolute Gasteiger partial charge is 0.273 e. The molecule has 8 heteroatoms. The number of rotatable bonds is 4. The zero-order valence-electron chi connectivity index (χ0n) is 11.7. The van der Waals surface area contributed by atoms with Gasteiger partial charge in [0.2, 0.25) is 5.13 Å². The maximum Gasteiger partial charge on any atom is 0.273 e. The van der Waals surface area contributed by atoms with Crippen LogP contribution in [0.15, 0.2) is 16.5 Å². The van der Waals surface area contributed by atoms with Crippen molar-refractivity contribution in [3.05, 3.63) is 43.9 Å². The quantitative estimate of drug-likeness (QED) is 0.513. The number of nitrogens with zero attached hydrogens (tertiary/aromatic N) is 3. The van der Waals surface area contributed by atoms with Crippen LogP contribution >= 0.6 is 11.3 Å². The largest absolute Gasteiger partial charge is 0.507 e. The minimum Gasteiger partial charge on any atom is -0.507 e. The number of aryl methyl sites for hydroxylation is 2. The van der Waals surface area contributed by atoms with Crippen molar-refractivity contribution >= 4 is 28.4 Å². The second-order valence-corrected chi connectivity index (χ2v) is 5.38. The zero-order valence-corrected chi connectivity index (χ0v) is 12.6. The van der Waals surface area contributed by atoms with Gasteiger partial charge in [0, 0.05) is 22.6 Å². The third-order valence-corrected chi connectivity index (χ3v) is 3.80. The summed E-state index contributed by atoms with van der Waals surface area (Å²) in [6, 6.07) is 1.35. The summed E-state index contributed by atoms with van der Waals surface area (Å²) in [4.78, 5) is 14.7. The lowest BCUT2D eigenvalue weighted by molar-refractivity contribution is -0.385. The van der Waals surface area contributed by atoms with Crippen LogP contribution in [0.3, 0.4) is 0 Å². The van der Waals surface area contributed by atoms with Crippen LogP contribution in [-0.4, -0.2) is 21.2 Å². The van der Waals surface area contributed by atoms with Gasteiger partial charge < -0.3 is 5.11 Å². The molecule has 1 heterocycles. The van der Waals surface area contributed by atoms with E-state index in [0.29, 0.717) is 21.8 Å². The molecule has 0 aliphatic heterocycles. The Labute approximate surface area is 125 Å². The Morgan fingerprint density at radius 1 is 1.48 bits per heavy atom. The van der Waals surface area contributed by atoms with Gasteiger partial charge in [0.1, 0.15) is 5.75 Å². The minimum atomic E-state index is -0.475. The number of anilines is 1. The lowest BCUT2D eigenvalue weighted by Crippen LogP contribution is -1.99. The molecular formula is C13H14N4O3S. The molecule has 0 saturated carbocycles. The van der Waals surface area contributed by atoms with Crippen molar-refractivity contribution in [3.63, 3.8) is 0 Å². The standard InChI is InChI=1S/C13H14N4O3S/c1-7-4-11(17(19)20)9(3)10(12(7)18)5-14-16-13-15-8(2)6-21-13/h4-6,18H,1-3H3,(H,15,16). The van der Waals surface area contributed by atoms with Crippen molar-refractivity contribution < 1.29 is 10.0 Å². The molecule has 0 amide bonds. The van der Waals surface area contributed by atoms with Gasteiger partial charge in [-0.3, -0.25) is 15.5 Å². The van der Waals surface area contributed by atoms with Gasteiger partial charge in [-0.25, -0.2) is 4.98 Å². The van der Waals surface area contributed by atoms with E-state index in [1.165, 1.54) is 23.6 Å². The molecule has 0 aliphatic carbocycles. The second kappa shape index (κ2) is 5.88. The molecule has 110 valence electrons. The minimum absolute atomic E-state index is 0.0148. The predicted molar refractivity (Wildman–Crippen MR) is 82.3 cm³/mol. The van der Waals surface area contributed by atoms with Crippen molar-refractivity contribution in [2.75, 3.05) is 5.43 Å². The summed E-state index contributed by atoms with van der Waals surface area (Å²) in [7, 11) is 0. The van der Waals surface area contributed by atoms with E-state index in [9.17, 15) is 15.2 Å². The first-order chi connectivity index (χ1) is 9.90. The molecule has 1 aromatic heterocycles. The number of nitro groups is 1. The van der Waals surface area contributed by atoms with Gasteiger partial charge in [-0.05, 0) is 26.3 Å². The molecule has 0 atom stereocenters. The van der Waals surface area contributed by atoms with Crippen molar-refractivity contribution in [3.8, 4) is 5.75 Å². The van der Waals surface area contributed by atoms with Gasteiger partial charge in [-0.15, -0.1) is 11.3 Å². The van der Waals surface area contributed by atoms with Crippen LogP contribution in [-0.2, 0) is 0 Å². The van der Waals surface area contributed by atoms with Gasteiger partial charge in [0.05, 0.1) is 16.8 Å². The molecule has 2 aromatic rings. The molecule has 0 saturated heterocycles. The Morgan fingerprint density at radius 3 is 2.76 bits per heavy atom. The van der Waals surface area contributed by atoms with Crippen LogP contribution in [0.1, 0.15) is 22.4 Å². The highest BCUT2D eigenvalue weighted by Crippen LogP contribution is 2.31. The van der Waals surface area contributed by atoms with E-state index in [1.54, 1.807) is 13.8 Å². The highest BCUT2D eigenvalue weighted by molar-refractivity contribution is 7.13. The fraction of sp³-hybridized carbons (Fsp3) is 0.231. The van der Waals surface area contributed by atoms with Crippen LogP contribution in [0.25, 0.3) is 0 Å². The molecule has 0 fully saturated rings. The summed E-state index contributed by atoms with van der Waals surface area (Å²) in [5.41, 5.74) is 4.68. The van der Waals surface area contributed by atoms with E-state index in [2.05, 4.69) is 15.5 Å². The molecule has 7 nitrogen and oxygen atoms in total. The van der Waals surface area contributed by atoms with Crippen molar-refractivity contribution in [1.29, 1.82) is 0 Å². The summed E-state index contributed by atoms with van der Waals surface area (Å²) in [6.45, 7) is 5.05. The highest BCUT2D eigenvalue weighted by Gasteiger charge is 2.18. The molecule has 2 N–H and O–H groups in total. The third kappa shape index (κ3) is 3.16. The number of nitro benzene ring substituents is 1. The maximum absolute atomic E-state index is 11.0. The molecule has 1 aromatic carbocycles. The second-order valence-electron chi connectivity index (χ2n) is 4.52. The average molecular weight is 306 g/mol. The Kier molecular flexibility index (Phi) is 4.18. The molecule has 0 bridgehead atoms. The fourth-order valence-corrected chi connectivity index (χ4v) is 2.45. The third-order valence-electron chi connectivity index (χ3n) is 2.94. The summed E-state index contributed by atoms with van der Waals surface area (Å²) < 4.78 is 0. The summed E-state index contributed by atoms with van der Waals surface area (Å²) in [6.07, 6.45) is 1.36. The molecule has 0 aliphatic rings. The number of phenols is 1. The first kappa shape index (κ1) is 14.9. The predicted octanol–water partition coefficient (Wildman–Crippen LogP) is 3.13. The maximum atomic E-state index is 11.0. The van der Waals surface area contributed by atoms with Crippen LogP contribution < -0.4 is 5.43 Å². The van der Waals surface area contributed by atoms with Crippen LogP contribution in [0.2, 0.25) is 0 Å². The number of thiazole rings is 1. The fourth-order valence-electron chi connectivity index (χ4n) is 1.81. The van der Waals surface area contributed by atoms with E-state index >= 15 is 0 Å². The highest BCUT2D eigenvalue weighted by atomic mass is 32.1. The summed E-state index contributed by atoms with van der Waals surface area (Å²) in [5.74, 6) is -0.0148. The Balaban J connectivity index is 2.32. The average Bonchev–Trinajstić information content (AvgIpc) is 2.83. The van der Waals surface area contributed by atoms with E-state index < -0.39 is 4.92 Å². The van der Waals surface area contributed by atoms with Gasteiger partial charge in [-0.2, -0.15) is 5.10 Å². The van der Waals surface area contributed by atoms with E-state index in [1.807, 2.05) is 12.3 Å². The van der Waals surface area contributed by atoms with Crippen molar-refractivity contribution in [1.82, 2.24) is 4.98 Å². The Bertz CT molecular complexity index is 724. The monoisotopic (exact) mass is 306 g/mol. The van der Waals surface area contributed by atoms with Crippen LogP contribution in [0.4, 0.5) is 10.8 Å². The Morgan fingerprint density at radius 2 is 2.19 bits per heavy atom.